The van der Waals surface area contributed by atoms with Crippen molar-refractivity contribution in [1.82, 2.24) is 10.2 Å². The lowest BCUT2D eigenvalue weighted by atomic mass is 9.98. The lowest BCUT2D eigenvalue weighted by molar-refractivity contribution is -0.131. The van der Waals surface area contributed by atoms with E-state index in [-0.39, 0.29) is 41.2 Å². The number of rotatable bonds is 7. The Hall–Kier alpha value is -1.89. The fourth-order valence-electron chi connectivity index (χ4n) is 3.32. The second-order valence-corrected chi connectivity index (χ2v) is 10.8. The molecule has 1 fully saturated rings. The van der Waals surface area contributed by atoms with Gasteiger partial charge in [-0.3, -0.25) is 9.59 Å². The third-order valence-corrected chi connectivity index (χ3v) is 7.49. The van der Waals surface area contributed by atoms with Gasteiger partial charge in [-0.15, -0.1) is 0 Å². The normalized spacial score (nSPS) is 15.9. The van der Waals surface area contributed by atoms with Gasteiger partial charge in [0.1, 0.15) is 0 Å². The van der Waals surface area contributed by atoms with E-state index < -0.39 is 9.84 Å². The maximum atomic E-state index is 12.6. The monoisotopic (exact) mass is 408 g/mol. The van der Waals surface area contributed by atoms with E-state index in [2.05, 4.69) is 5.32 Å². The van der Waals surface area contributed by atoms with E-state index in [4.69, 9.17) is 0 Å². The Labute approximate surface area is 168 Å². The summed E-state index contributed by atoms with van der Waals surface area (Å²) in [5.41, 5.74) is 1.36. The van der Waals surface area contributed by atoms with Crippen LogP contribution in [0.4, 0.5) is 0 Å². The molecule has 1 aromatic rings. The Kier molecular flexibility index (Phi) is 7.63. The van der Waals surface area contributed by atoms with Gasteiger partial charge in [0.05, 0.1) is 17.4 Å². The summed E-state index contributed by atoms with van der Waals surface area (Å²) in [5.74, 6) is 0.210. The number of benzene rings is 1. The number of amides is 2. The molecule has 1 aliphatic heterocycles. The molecular formula is C21H32N2O4S. The molecule has 1 heterocycles. The molecule has 1 aromatic carbocycles. The number of carbonyl (C=O) groups excluding carboxylic acids is 2. The van der Waals surface area contributed by atoms with Crippen LogP contribution in [0, 0.1) is 5.92 Å². The summed E-state index contributed by atoms with van der Waals surface area (Å²) in [6.45, 7) is 8.41. The van der Waals surface area contributed by atoms with E-state index in [0.29, 0.717) is 31.5 Å². The number of nitrogens with one attached hydrogen (secondary N) is 1. The highest BCUT2D eigenvalue weighted by Gasteiger charge is 2.28. The third kappa shape index (κ3) is 6.33. The molecule has 0 spiro atoms. The van der Waals surface area contributed by atoms with Crippen LogP contribution in [0.1, 0.15) is 56.5 Å². The number of hydrogen-bond donors (Lipinski definition) is 1. The number of sulfone groups is 1. The van der Waals surface area contributed by atoms with Gasteiger partial charge >= 0.3 is 0 Å². The molecule has 0 saturated carbocycles. The molecule has 0 radical (unpaired) electrons. The summed E-state index contributed by atoms with van der Waals surface area (Å²) in [6.07, 6.45) is 1.68. The molecule has 1 N–H and O–H groups in total. The Bertz CT molecular complexity index is 794. The van der Waals surface area contributed by atoms with Crippen molar-refractivity contribution in [2.24, 2.45) is 5.92 Å². The van der Waals surface area contributed by atoms with Crippen LogP contribution in [0.25, 0.3) is 0 Å². The average Bonchev–Trinajstić information content (AvgIpc) is 2.61. The van der Waals surface area contributed by atoms with Crippen molar-refractivity contribution in [3.63, 3.8) is 0 Å². The molecule has 1 saturated heterocycles. The van der Waals surface area contributed by atoms with Crippen molar-refractivity contribution >= 4 is 21.7 Å². The zero-order valence-corrected chi connectivity index (χ0v) is 18.1. The molecule has 2 rings (SSSR count). The summed E-state index contributed by atoms with van der Waals surface area (Å²) < 4.78 is 24.2. The van der Waals surface area contributed by atoms with Crippen LogP contribution in [-0.4, -0.2) is 55.3 Å². The van der Waals surface area contributed by atoms with Gasteiger partial charge in [0.2, 0.25) is 5.91 Å². The molecule has 0 aromatic heterocycles. The fourth-order valence-corrected chi connectivity index (χ4v) is 4.70. The first-order valence-corrected chi connectivity index (χ1v) is 11.7. The minimum absolute atomic E-state index is 0.0200. The molecule has 28 heavy (non-hydrogen) atoms. The van der Waals surface area contributed by atoms with Crippen LogP contribution >= 0.6 is 0 Å². The van der Waals surface area contributed by atoms with Crippen molar-refractivity contribution in [2.75, 3.05) is 18.8 Å². The zero-order valence-electron chi connectivity index (χ0n) is 17.3. The van der Waals surface area contributed by atoms with Crippen LogP contribution in [0.15, 0.2) is 24.3 Å². The number of hydrogen-bond acceptors (Lipinski definition) is 4. The second-order valence-electron chi connectivity index (χ2n) is 8.21. The Balaban J connectivity index is 1.90. The number of nitrogens with zero attached hydrogens (tertiary/aromatic N) is 1. The predicted octanol–water partition coefficient (Wildman–Crippen LogP) is 2.43. The van der Waals surface area contributed by atoms with E-state index in [1.807, 2.05) is 19.9 Å². The molecule has 2 amide bonds. The highest BCUT2D eigenvalue weighted by Crippen LogP contribution is 2.21. The number of likely N-dealkylation sites (tertiary alicyclic amines) is 1. The van der Waals surface area contributed by atoms with Crippen LogP contribution in [0.2, 0.25) is 0 Å². The summed E-state index contributed by atoms with van der Waals surface area (Å²) in [6, 6.07) is 7.20. The second kappa shape index (κ2) is 9.54. The lowest BCUT2D eigenvalue weighted by Crippen LogP contribution is -2.41. The van der Waals surface area contributed by atoms with Crippen molar-refractivity contribution in [2.45, 2.75) is 58.2 Å². The molecule has 0 aliphatic carbocycles. The van der Waals surface area contributed by atoms with Gasteiger partial charge in [-0.2, -0.15) is 0 Å². The van der Waals surface area contributed by atoms with Crippen LogP contribution < -0.4 is 5.32 Å². The maximum absolute atomic E-state index is 12.6. The van der Waals surface area contributed by atoms with E-state index in [1.54, 1.807) is 36.9 Å². The highest BCUT2D eigenvalue weighted by atomic mass is 32.2. The molecule has 0 unspecified atom stereocenters. The number of piperidine rings is 1. The van der Waals surface area contributed by atoms with Crippen molar-refractivity contribution in [3.8, 4) is 0 Å². The van der Waals surface area contributed by atoms with Crippen molar-refractivity contribution in [1.29, 1.82) is 0 Å². The summed E-state index contributed by atoms with van der Waals surface area (Å²) in [5, 5.41) is 2.50. The van der Waals surface area contributed by atoms with Crippen molar-refractivity contribution in [3.05, 3.63) is 35.4 Å². The summed E-state index contributed by atoms with van der Waals surface area (Å²) >= 11 is 0. The first-order chi connectivity index (χ1) is 13.1. The quantitative estimate of drug-likeness (QED) is 0.751. The largest absolute Gasteiger partial charge is 0.350 e. The van der Waals surface area contributed by atoms with Crippen LogP contribution in [-0.2, 0) is 21.1 Å². The van der Waals surface area contributed by atoms with Gasteiger partial charge < -0.3 is 10.2 Å². The molecule has 1 aliphatic rings. The van der Waals surface area contributed by atoms with Gasteiger partial charge in [-0.05, 0) is 64.2 Å². The Morgan fingerprint density at radius 3 is 2.36 bits per heavy atom. The molecule has 7 heteroatoms. The van der Waals surface area contributed by atoms with Crippen LogP contribution in [0.5, 0.6) is 0 Å². The molecule has 6 nitrogen and oxygen atoms in total. The molecule has 0 bridgehead atoms. The van der Waals surface area contributed by atoms with Gasteiger partial charge in [0, 0.05) is 24.7 Å². The van der Waals surface area contributed by atoms with E-state index >= 15 is 0 Å². The van der Waals surface area contributed by atoms with E-state index in [0.717, 1.165) is 5.56 Å². The molecule has 0 atom stereocenters. The Morgan fingerprint density at radius 2 is 1.79 bits per heavy atom. The predicted molar refractivity (Wildman–Crippen MR) is 111 cm³/mol. The van der Waals surface area contributed by atoms with Gasteiger partial charge in [0.15, 0.2) is 9.84 Å². The summed E-state index contributed by atoms with van der Waals surface area (Å²) in [7, 11) is -3.05. The van der Waals surface area contributed by atoms with Crippen LogP contribution in [0.3, 0.4) is 0 Å². The van der Waals surface area contributed by atoms with E-state index in [1.165, 1.54) is 0 Å². The molecular weight excluding hydrogens is 376 g/mol. The Morgan fingerprint density at radius 1 is 1.14 bits per heavy atom. The summed E-state index contributed by atoms with van der Waals surface area (Å²) in [4.78, 5) is 26.6. The first-order valence-electron chi connectivity index (χ1n) is 9.97. The fraction of sp³-hybridized carbons (Fsp3) is 0.619. The topological polar surface area (TPSA) is 83.6 Å². The van der Waals surface area contributed by atoms with Gasteiger partial charge in [-0.25, -0.2) is 8.42 Å². The lowest BCUT2D eigenvalue weighted by Gasteiger charge is -2.32. The standard InChI is InChI=1S/C21H32N2O4S/c1-15(2)22-21(25)19-7-5-6-18(12-19)13-20(24)23-10-8-17(9-11-23)14-28(26,27)16(3)4/h5-7,12,15-17H,8-11,13-14H2,1-4H3,(H,22,25). The van der Waals surface area contributed by atoms with Gasteiger partial charge in [-0.1, -0.05) is 12.1 Å². The van der Waals surface area contributed by atoms with E-state index in [9.17, 15) is 18.0 Å². The first kappa shape index (κ1) is 22.4. The highest BCUT2D eigenvalue weighted by molar-refractivity contribution is 7.91. The SMILES string of the molecule is CC(C)NC(=O)c1cccc(CC(=O)N2CCC(CS(=O)(=O)C(C)C)CC2)c1. The van der Waals surface area contributed by atoms with Crippen molar-refractivity contribution < 1.29 is 18.0 Å². The minimum atomic E-state index is -3.05. The zero-order chi connectivity index (χ0) is 20.9. The van der Waals surface area contributed by atoms with Gasteiger partial charge in [0.25, 0.3) is 5.91 Å². The average molecular weight is 409 g/mol. The smallest absolute Gasteiger partial charge is 0.251 e. The third-order valence-electron chi connectivity index (χ3n) is 5.12. The minimum Gasteiger partial charge on any atom is -0.350 e. The number of carbonyl (C=O) groups is 2. The molecule has 156 valence electrons. The maximum Gasteiger partial charge on any atom is 0.251 e.